The average molecular weight is 432 g/mol. The zero-order valence-corrected chi connectivity index (χ0v) is 16.6. The van der Waals surface area contributed by atoms with Crippen molar-refractivity contribution in [2.75, 3.05) is 11.9 Å². The molecule has 0 N–H and O–H groups in total. The highest BCUT2D eigenvalue weighted by molar-refractivity contribution is 9.10. The molecule has 0 amide bonds. The fraction of sp³-hybridized carbons (Fsp3) is 0.167. The molecule has 0 radical (unpaired) electrons. The predicted octanol–water partition coefficient (Wildman–Crippen LogP) is 5.08. The number of imidazole rings is 1. The number of rotatable bonds is 4. The van der Waals surface area contributed by atoms with Crippen molar-refractivity contribution in [3.8, 4) is 11.3 Å². The number of aryl methyl sites for hydroxylation is 1. The minimum atomic E-state index is -0.251. The lowest BCUT2D eigenvalue weighted by atomic mass is 10.2. The van der Waals surface area contributed by atoms with Crippen LogP contribution in [0.2, 0.25) is 0 Å². The summed E-state index contributed by atoms with van der Waals surface area (Å²) in [5.41, 5.74) is 3.49. The van der Waals surface area contributed by atoms with Crippen LogP contribution in [0.3, 0.4) is 0 Å². The highest BCUT2D eigenvalue weighted by Crippen LogP contribution is 2.33. The van der Waals surface area contributed by atoms with Crippen molar-refractivity contribution < 1.29 is 4.39 Å². The van der Waals surface area contributed by atoms with Crippen LogP contribution in [-0.2, 0) is 6.42 Å². The Balaban J connectivity index is 1.76. The summed E-state index contributed by atoms with van der Waals surface area (Å²) in [7, 11) is 1.98. The van der Waals surface area contributed by atoms with Gasteiger partial charge in [-0.1, -0.05) is 6.92 Å². The largest absolute Gasteiger partial charge is 0.305 e. The molecule has 4 aromatic rings. The van der Waals surface area contributed by atoms with E-state index in [-0.39, 0.29) is 5.82 Å². The molecule has 0 unspecified atom stereocenters. The fourth-order valence-electron chi connectivity index (χ4n) is 2.82. The van der Waals surface area contributed by atoms with Crippen molar-refractivity contribution in [2.45, 2.75) is 13.3 Å². The maximum absolute atomic E-state index is 13.1. The molecule has 3 aromatic heterocycles. The summed E-state index contributed by atoms with van der Waals surface area (Å²) in [4.78, 5) is 15.7. The summed E-state index contributed by atoms with van der Waals surface area (Å²) in [5.74, 6) is 0.712. The van der Waals surface area contributed by atoms with E-state index in [0.717, 1.165) is 44.6 Å². The van der Waals surface area contributed by atoms with Gasteiger partial charge in [0.15, 0.2) is 10.8 Å². The first-order chi connectivity index (χ1) is 12.6. The molecule has 26 heavy (non-hydrogen) atoms. The number of thiazole rings is 1. The number of fused-ring (bicyclic) bond motifs is 1. The van der Waals surface area contributed by atoms with Gasteiger partial charge in [0, 0.05) is 24.2 Å². The van der Waals surface area contributed by atoms with Gasteiger partial charge in [-0.15, -0.1) is 11.3 Å². The lowest BCUT2D eigenvalue weighted by Gasteiger charge is -2.17. The Hall–Kier alpha value is -2.32. The fourth-order valence-corrected chi connectivity index (χ4v) is 3.93. The molecular formula is C18H15BrFN5S. The molecule has 3 heterocycles. The van der Waals surface area contributed by atoms with E-state index in [1.54, 1.807) is 18.3 Å². The van der Waals surface area contributed by atoms with Gasteiger partial charge < -0.3 is 4.90 Å². The van der Waals surface area contributed by atoms with Crippen molar-refractivity contribution in [3.63, 3.8) is 0 Å². The number of anilines is 2. The van der Waals surface area contributed by atoms with E-state index in [9.17, 15) is 4.39 Å². The molecule has 0 aliphatic heterocycles. The third-order valence-electron chi connectivity index (χ3n) is 4.09. The van der Waals surface area contributed by atoms with Crippen molar-refractivity contribution in [1.82, 2.24) is 19.4 Å². The van der Waals surface area contributed by atoms with Gasteiger partial charge >= 0.3 is 0 Å². The monoisotopic (exact) mass is 431 g/mol. The Bertz CT molecular complexity index is 1070. The molecule has 8 heteroatoms. The summed E-state index contributed by atoms with van der Waals surface area (Å²) in [5, 5.41) is 2.82. The number of halogens is 2. The van der Waals surface area contributed by atoms with Crippen molar-refractivity contribution in [3.05, 3.63) is 58.2 Å². The van der Waals surface area contributed by atoms with Gasteiger partial charge in [-0.3, -0.25) is 4.40 Å². The quantitative estimate of drug-likeness (QED) is 0.451. The number of hydrogen-bond acceptors (Lipinski definition) is 5. The first-order valence-corrected chi connectivity index (χ1v) is 9.71. The molecule has 1 aromatic carbocycles. The Morgan fingerprint density at radius 1 is 1.23 bits per heavy atom. The lowest BCUT2D eigenvalue weighted by molar-refractivity contribution is 0.628. The van der Waals surface area contributed by atoms with Crippen molar-refractivity contribution in [1.29, 1.82) is 0 Å². The third-order valence-corrected chi connectivity index (χ3v) is 5.42. The van der Waals surface area contributed by atoms with Crippen LogP contribution < -0.4 is 4.90 Å². The van der Waals surface area contributed by atoms with Gasteiger partial charge in [0.05, 0.1) is 17.6 Å². The van der Waals surface area contributed by atoms with Crippen LogP contribution in [0, 0.1) is 5.82 Å². The molecule has 0 saturated carbocycles. The molecule has 0 atom stereocenters. The number of nitrogens with zero attached hydrogens (tertiary/aromatic N) is 5. The van der Waals surface area contributed by atoms with Gasteiger partial charge in [0.1, 0.15) is 16.2 Å². The summed E-state index contributed by atoms with van der Waals surface area (Å²) in [6.07, 6.45) is 4.45. The molecule has 4 rings (SSSR count). The zero-order valence-electron chi connectivity index (χ0n) is 14.1. The maximum atomic E-state index is 13.1. The van der Waals surface area contributed by atoms with E-state index >= 15 is 0 Å². The Labute approximate surface area is 162 Å². The van der Waals surface area contributed by atoms with Gasteiger partial charge in [0.25, 0.3) is 0 Å². The van der Waals surface area contributed by atoms with E-state index in [1.807, 2.05) is 27.9 Å². The molecule has 0 aliphatic carbocycles. The Morgan fingerprint density at radius 3 is 2.73 bits per heavy atom. The van der Waals surface area contributed by atoms with Gasteiger partial charge in [-0.05, 0) is 46.6 Å². The van der Waals surface area contributed by atoms with E-state index in [0.29, 0.717) is 0 Å². The number of benzene rings is 1. The Morgan fingerprint density at radius 2 is 2.00 bits per heavy atom. The van der Waals surface area contributed by atoms with E-state index in [2.05, 4.69) is 32.8 Å². The van der Waals surface area contributed by atoms with Crippen LogP contribution >= 0.6 is 27.3 Å². The van der Waals surface area contributed by atoms with Crippen LogP contribution in [0.5, 0.6) is 0 Å². The maximum Gasteiger partial charge on any atom is 0.191 e. The van der Waals surface area contributed by atoms with E-state index in [4.69, 9.17) is 4.98 Å². The van der Waals surface area contributed by atoms with E-state index < -0.39 is 0 Å². The molecule has 0 saturated heterocycles. The number of aromatic nitrogens is 4. The lowest BCUT2D eigenvalue weighted by Crippen LogP contribution is -2.13. The molecule has 0 spiro atoms. The average Bonchev–Trinajstić information content (AvgIpc) is 3.26. The molecule has 0 fully saturated rings. The molecule has 132 valence electrons. The topological polar surface area (TPSA) is 46.3 Å². The van der Waals surface area contributed by atoms with Crippen molar-refractivity contribution >= 4 is 43.9 Å². The summed E-state index contributed by atoms with van der Waals surface area (Å²) in [6.45, 7) is 2.08. The Kier molecular flexibility index (Phi) is 4.46. The number of hydrogen-bond donors (Lipinski definition) is 0. The second kappa shape index (κ2) is 6.77. The van der Waals surface area contributed by atoms with Gasteiger partial charge in [0.2, 0.25) is 0 Å². The first kappa shape index (κ1) is 17.1. The highest BCUT2D eigenvalue weighted by atomic mass is 79.9. The second-order valence-corrected chi connectivity index (χ2v) is 7.40. The smallest absolute Gasteiger partial charge is 0.191 e. The SMILES string of the molecule is CCc1nc2cnc(Br)cn2c1N(C)c1nc(-c2ccc(F)cc2)cs1. The van der Waals surface area contributed by atoms with Crippen molar-refractivity contribution in [2.24, 2.45) is 0 Å². The molecule has 5 nitrogen and oxygen atoms in total. The van der Waals surface area contributed by atoms with Gasteiger partial charge in [-0.25, -0.2) is 19.3 Å². The summed E-state index contributed by atoms with van der Waals surface area (Å²) in [6, 6.07) is 6.37. The first-order valence-electron chi connectivity index (χ1n) is 8.04. The summed E-state index contributed by atoms with van der Waals surface area (Å²) < 4.78 is 15.9. The third kappa shape index (κ3) is 2.99. The summed E-state index contributed by atoms with van der Waals surface area (Å²) >= 11 is 4.96. The van der Waals surface area contributed by atoms with Crippen LogP contribution in [0.4, 0.5) is 15.3 Å². The zero-order chi connectivity index (χ0) is 18.3. The van der Waals surface area contributed by atoms with Crippen LogP contribution in [0.15, 0.2) is 46.6 Å². The second-order valence-electron chi connectivity index (χ2n) is 5.76. The predicted molar refractivity (Wildman–Crippen MR) is 106 cm³/mol. The molecule has 0 bridgehead atoms. The molecule has 0 aliphatic rings. The van der Waals surface area contributed by atoms with Crippen LogP contribution in [0.25, 0.3) is 16.9 Å². The highest BCUT2D eigenvalue weighted by Gasteiger charge is 2.19. The normalized spacial score (nSPS) is 11.2. The van der Waals surface area contributed by atoms with Gasteiger partial charge in [-0.2, -0.15) is 0 Å². The van der Waals surface area contributed by atoms with Crippen LogP contribution in [-0.4, -0.2) is 26.4 Å². The van der Waals surface area contributed by atoms with E-state index in [1.165, 1.54) is 23.5 Å². The molecular weight excluding hydrogens is 417 g/mol. The minimum absolute atomic E-state index is 0.251. The standard InChI is InChI=1S/C18H15BrFN5S/c1-3-13-17(25-9-15(19)21-8-16(25)22-13)24(2)18-23-14(10-26-18)11-4-6-12(20)7-5-11/h4-10H,3H2,1-2H3. The van der Waals surface area contributed by atoms with Crippen LogP contribution in [0.1, 0.15) is 12.6 Å². The minimum Gasteiger partial charge on any atom is -0.305 e.